The molecule has 0 unspecified atom stereocenters. The van der Waals surface area contributed by atoms with Crippen LogP contribution < -0.4 is 19.8 Å². The predicted molar refractivity (Wildman–Crippen MR) is 443 cm³/mol. The van der Waals surface area contributed by atoms with E-state index >= 15 is 0 Å². The lowest BCUT2D eigenvalue weighted by atomic mass is 9.90. The number of ketones is 1. The number of aromatic amines is 1. The summed E-state index contributed by atoms with van der Waals surface area (Å²) in [5, 5.41) is 23.3. The average Bonchev–Trinajstić information content (AvgIpc) is 1.44. The van der Waals surface area contributed by atoms with E-state index in [4.69, 9.17) is 23.8 Å². The second-order valence-corrected chi connectivity index (χ2v) is 29.5. The van der Waals surface area contributed by atoms with Gasteiger partial charge in [-0.25, -0.2) is 4.79 Å². The molecule has 16 nitrogen and oxygen atoms in total. The van der Waals surface area contributed by atoms with E-state index in [9.17, 15) is 14.4 Å². The molecule has 0 atom stereocenters. The van der Waals surface area contributed by atoms with E-state index in [-0.39, 0.29) is 30.0 Å². The van der Waals surface area contributed by atoms with Crippen LogP contribution >= 0.6 is 0 Å². The number of fused-ring (bicyclic) bond motifs is 6. The minimum atomic E-state index is -0.983. The van der Waals surface area contributed by atoms with Gasteiger partial charge in [-0.2, -0.15) is 0 Å². The fourth-order valence-corrected chi connectivity index (χ4v) is 11.1. The maximum Gasteiger partial charge on any atom is 0.341 e. The second kappa shape index (κ2) is 39.9. The molecule has 0 fully saturated rings. The molecule has 0 saturated heterocycles. The standard InChI is InChI=1S/C17H18N2O.C16H19NO2.C14H15NO3.C12H13NO.C12H13N.C11H13NO.C10H15N/c1-12(2)17-8-15-7-16(4-3-14(15)10-19-17)20-11-13-5-6-18-9-13;1-4-14(18)10-19-15-6-5-12-9-17-16(11(2)3)8-13(12)7-15;1-9(2)13-6-10-3-4-12(18-8-14(16)17)5-11(10)7-15-13;1-8(2)11-7-9-5-3-4-6-10(9)12(14)13-11;1-9(2)10-5-6-12-11(8-10)4-3-7-13-12;1-11(2,3)10-8-6-4-5-7-9(8)13-12-10;1-4-9-6-5-7-10(11-9)8(2)3/h3-8,10,12H,9,11H2,1-2H3;5-9,11H,4,10H2,1-3H3;3-7,9H,8H2,1-2H3,(H,16,17);3-8H,1-2H3,(H,13,14);3-9H,1-2H3;4-7H,1-3H3;5-8H,4H2,1-3H3. The number of rotatable bonds is 17. The lowest BCUT2D eigenvalue weighted by Crippen LogP contribution is -2.11. The number of nitrogens with one attached hydrogen (secondary N) is 1. The number of hydrogen-bond acceptors (Lipinski definition) is 14. The molecule has 16 heteroatoms. The molecule has 14 rings (SSSR count). The molecule has 0 radical (unpaired) electrons. The maximum atomic E-state index is 11.6. The Morgan fingerprint density at radius 2 is 1.06 bits per heavy atom. The molecule has 7 aromatic heterocycles. The van der Waals surface area contributed by atoms with Crippen molar-refractivity contribution in [2.45, 2.75) is 171 Å². The molecule has 0 aliphatic carbocycles. The number of ether oxygens (including phenoxy) is 3. The van der Waals surface area contributed by atoms with Gasteiger partial charge in [-0.1, -0.05) is 177 Å². The largest absolute Gasteiger partial charge is 0.489 e. The number of para-hydroxylation sites is 1. The first-order chi connectivity index (χ1) is 51.7. The molecule has 0 amide bonds. The van der Waals surface area contributed by atoms with Gasteiger partial charge >= 0.3 is 5.97 Å². The Labute approximate surface area is 636 Å². The van der Waals surface area contributed by atoms with Gasteiger partial charge in [-0.15, -0.1) is 0 Å². The van der Waals surface area contributed by atoms with Gasteiger partial charge in [0, 0.05) is 109 Å². The summed E-state index contributed by atoms with van der Waals surface area (Å²) in [4.78, 5) is 62.4. The zero-order chi connectivity index (χ0) is 78.0. The highest BCUT2D eigenvalue weighted by atomic mass is 16.5. The van der Waals surface area contributed by atoms with Crippen molar-refractivity contribution in [1.82, 2.24) is 35.1 Å². The average molecular weight is 1450 g/mol. The molecule has 1 aliphatic heterocycles. The van der Waals surface area contributed by atoms with E-state index in [1.165, 1.54) is 33.3 Å². The van der Waals surface area contributed by atoms with Gasteiger partial charge in [0.25, 0.3) is 5.56 Å². The van der Waals surface area contributed by atoms with Gasteiger partial charge in [-0.3, -0.25) is 39.5 Å². The topological polar surface area (TPSA) is 218 Å². The van der Waals surface area contributed by atoms with Gasteiger partial charge in [0.05, 0.1) is 17.8 Å². The van der Waals surface area contributed by atoms with E-state index < -0.39 is 5.97 Å². The molecule has 0 bridgehead atoms. The Morgan fingerprint density at radius 3 is 1.63 bits per heavy atom. The molecular formula is C92H106N8O8. The van der Waals surface area contributed by atoms with Crippen LogP contribution in [0.15, 0.2) is 227 Å². The van der Waals surface area contributed by atoms with Crippen LogP contribution in [0.3, 0.4) is 0 Å². The molecule has 562 valence electrons. The van der Waals surface area contributed by atoms with Crippen molar-refractivity contribution in [2.75, 3.05) is 26.4 Å². The van der Waals surface area contributed by atoms with Crippen molar-refractivity contribution in [3.05, 3.63) is 268 Å². The molecule has 0 spiro atoms. The van der Waals surface area contributed by atoms with Crippen molar-refractivity contribution in [1.29, 1.82) is 0 Å². The number of Topliss-reactive ketones (excluding diaryl/α,β-unsaturated/α-hetero) is 1. The summed E-state index contributed by atoms with van der Waals surface area (Å²) in [7, 11) is 0. The highest BCUT2D eigenvalue weighted by Gasteiger charge is 2.21. The van der Waals surface area contributed by atoms with Crippen molar-refractivity contribution in [2.24, 2.45) is 4.99 Å². The molecule has 0 saturated carbocycles. The maximum absolute atomic E-state index is 11.6. The number of aromatic nitrogens is 7. The summed E-state index contributed by atoms with van der Waals surface area (Å²) < 4.78 is 21.7. The summed E-state index contributed by atoms with van der Waals surface area (Å²) in [6, 6.07) is 58.1. The van der Waals surface area contributed by atoms with E-state index in [0.717, 1.165) is 107 Å². The highest BCUT2D eigenvalue weighted by Crippen LogP contribution is 2.31. The van der Waals surface area contributed by atoms with Crippen LogP contribution in [0.5, 0.6) is 17.2 Å². The number of pyridine rings is 6. The number of aliphatic imine (C=N–C) groups is 1. The van der Waals surface area contributed by atoms with E-state index in [1.807, 2.05) is 135 Å². The smallest absolute Gasteiger partial charge is 0.341 e. The van der Waals surface area contributed by atoms with Crippen molar-refractivity contribution < 1.29 is 33.4 Å². The minimum absolute atomic E-state index is 0.00630. The van der Waals surface area contributed by atoms with Crippen molar-refractivity contribution >= 4 is 82.9 Å². The number of carbonyl (C=O) groups is 2. The van der Waals surface area contributed by atoms with E-state index in [0.29, 0.717) is 54.3 Å². The highest BCUT2D eigenvalue weighted by molar-refractivity contribution is 5.87. The van der Waals surface area contributed by atoms with Crippen LogP contribution in [0, 0.1) is 0 Å². The van der Waals surface area contributed by atoms with Gasteiger partial charge in [0.15, 0.2) is 18.0 Å². The van der Waals surface area contributed by atoms with Crippen molar-refractivity contribution in [3.63, 3.8) is 0 Å². The lowest BCUT2D eigenvalue weighted by Gasteiger charge is -2.13. The number of allylic oxidation sites excluding steroid dienone is 1. The summed E-state index contributed by atoms with van der Waals surface area (Å²) in [6.07, 6.45) is 12.8. The van der Waals surface area contributed by atoms with Crippen LogP contribution in [0.4, 0.5) is 0 Å². The summed E-state index contributed by atoms with van der Waals surface area (Å²) in [6.45, 7) is 37.2. The number of benzene rings is 6. The number of hydrogen-bond donors (Lipinski definition) is 2. The summed E-state index contributed by atoms with van der Waals surface area (Å²) in [5.74, 6) is 4.00. The SMILES string of the molecule is CC(C)(C)c1noc2ccccc12.CC(C)c1cc2cc(OCC3=CC=NC3)ccc2cn1.CC(C)c1cc2ccc(OCC(=O)O)cc2cn1.CC(C)c1cc2ccccc2c(=O)[nH]1.CC(C)c1ccc2ncccc2c1.CCC(=O)COc1ccc2cnc(C(C)C)cc2c1.CCc1cccc(C(C)C)n1. The number of nitrogens with zero attached hydrogens (tertiary/aromatic N) is 7. The van der Waals surface area contributed by atoms with Gasteiger partial charge in [-0.05, 0) is 202 Å². The number of carboxylic acids is 1. The fraction of sp³-hybridized carbons (Fsp3) is 0.326. The number of aryl methyl sites for hydroxylation is 1. The Bertz CT molecular complexity index is 5240. The summed E-state index contributed by atoms with van der Waals surface area (Å²) >= 11 is 0. The second-order valence-electron chi connectivity index (χ2n) is 29.5. The first-order valence-corrected chi connectivity index (χ1v) is 37.4. The lowest BCUT2D eigenvalue weighted by molar-refractivity contribution is -0.139. The monoisotopic (exact) mass is 1450 g/mol. The molecule has 13 aromatic rings. The Balaban J connectivity index is 0.000000160. The molecule has 8 heterocycles. The number of aliphatic carboxylic acids is 1. The zero-order valence-corrected chi connectivity index (χ0v) is 65.8. The normalized spacial score (nSPS) is 11.6. The quantitative estimate of drug-likeness (QED) is 0.0867. The first kappa shape index (κ1) is 82.4. The van der Waals surface area contributed by atoms with Gasteiger partial charge in [0.1, 0.15) is 30.5 Å². The molecule has 1 aliphatic rings. The molecular weight excluding hydrogens is 1350 g/mol. The van der Waals surface area contributed by atoms with Gasteiger partial charge < -0.3 is 28.8 Å². The Kier molecular flexibility index (Phi) is 30.4. The number of carbonyl (C=O) groups excluding carboxylic acids is 1. The third-order valence-electron chi connectivity index (χ3n) is 17.8. The third kappa shape index (κ3) is 24.7. The van der Waals surface area contributed by atoms with E-state index in [2.05, 4.69) is 218 Å². The third-order valence-corrected chi connectivity index (χ3v) is 17.8. The molecule has 108 heavy (non-hydrogen) atoms. The van der Waals surface area contributed by atoms with Crippen LogP contribution in [-0.2, 0) is 21.4 Å². The van der Waals surface area contributed by atoms with Crippen LogP contribution in [-0.4, -0.2) is 84.5 Å². The van der Waals surface area contributed by atoms with Crippen LogP contribution in [0.25, 0.3) is 65.0 Å². The number of H-pyrrole nitrogens is 1. The fourth-order valence-electron chi connectivity index (χ4n) is 11.1. The van der Waals surface area contributed by atoms with Gasteiger partial charge in [0.2, 0.25) is 0 Å². The van der Waals surface area contributed by atoms with E-state index in [1.54, 1.807) is 18.3 Å². The Hall–Kier alpha value is -11.3. The molecule has 6 aromatic carbocycles. The molecule has 2 N–H and O–H groups in total. The van der Waals surface area contributed by atoms with Crippen LogP contribution in [0.1, 0.15) is 205 Å². The predicted octanol–water partition coefficient (Wildman–Crippen LogP) is 22.2. The van der Waals surface area contributed by atoms with Crippen molar-refractivity contribution in [3.8, 4) is 17.2 Å². The summed E-state index contributed by atoms with van der Waals surface area (Å²) in [5.41, 5.74) is 12.2. The Morgan fingerprint density at radius 1 is 0.509 bits per heavy atom. The first-order valence-electron chi connectivity index (χ1n) is 37.4. The number of carboxylic acid groups (broad SMARTS) is 1. The van der Waals surface area contributed by atoms with Crippen LogP contribution in [0.2, 0.25) is 0 Å². The minimum Gasteiger partial charge on any atom is -0.489 e. The zero-order valence-electron chi connectivity index (χ0n) is 65.8.